The zero-order chi connectivity index (χ0) is 24.4. The van der Waals surface area contributed by atoms with Crippen LogP contribution < -0.4 is 11.2 Å². The van der Waals surface area contributed by atoms with Crippen molar-refractivity contribution in [1.82, 2.24) is 14.2 Å². The molecule has 3 saturated heterocycles. The van der Waals surface area contributed by atoms with E-state index in [9.17, 15) is 14.7 Å². The molecule has 11 nitrogen and oxygen atoms in total. The lowest BCUT2D eigenvalue weighted by molar-refractivity contribution is -0.0811. The normalized spacial score (nSPS) is 32.8. The van der Waals surface area contributed by atoms with Gasteiger partial charge >= 0.3 is 5.69 Å². The summed E-state index contributed by atoms with van der Waals surface area (Å²) in [4.78, 5) is 26.3. The van der Waals surface area contributed by atoms with Gasteiger partial charge in [-0.15, -0.1) is 0 Å². The number of aromatic nitrogens is 2. The van der Waals surface area contributed by atoms with Gasteiger partial charge in [0.2, 0.25) is 0 Å². The second-order valence-electron chi connectivity index (χ2n) is 8.71. The molecule has 0 aliphatic carbocycles. The Labute approximate surface area is 203 Å². The average Bonchev–Trinajstić information content (AvgIpc) is 3.56. The molecule has 35 heavy (non-hydrogen) atoms. The van der Waals surface area contributed by atoms with Crippen LogP contribution in [-0.4, -0.2) is 77.2 Å². The number of aliphatic hydroxyl groups excluding tert-OH is 1. The summed E-state index contributed by atoms with van der Waals surface area (Å²) < 4.78 is 33.7. The molecule has 1 unspecified atom stereocenters. The van der Waals surface area contributed by atoms with E-state index < -0.39 is 44.3 Å². The standard InChI is InChI=1S/C23H30N3O8P/c1-30-12-13-31-21-20(17(14-27)32-22(21)25-11-9-18(28)24-23(25)29)34-35-26-10-5-8-16(26)19(33-35)15-6-3-2-4-7-15/h2-4,6-7,9,11,16-17,19-22,27H,5,8,10,12-14H2,1H3,(H,24,28,29)/t16-,17-,19+,20?,21+,22-,35+/m1/s1. The van der Waals surface area contributed by atoms with E-state index in [1.54, 1.807) is 7.11 Å². The molecule has 3 aliphatic heterocycles. The highest BCUT2D eigenvalue weighted by Gasteiger charge is 2.53. The molecule has 3 fully saturated rings. The number of rotatable bonds is 9. The molecular weight excluding hydrogens is 477 g/mol. The molecular formula is C23H30N3O8P. The van der Waals surface area contributed by atoms with E-state index in [1.165, 1.54) is 16.8 Å². The SMILES string of the molecule is COCCO[C@H]1C(O[P@]2O[C@@H](c3ccccc3)[C@H]3CCCN32)[C@@H](CO)O[C@H]1n1ccc(=O)[nH]c1=O. The molecule has 0 amide bonds. The largest absolute Gasteiger partial charge is 0.394 e. The van der Waals surface area contributed by atoms with Gasteiger partial charge in [0.25, 0.3) is 14.1 Å². The quantitative estimate of drug-likeness (QED) is 0.382. The van der Waals surface area contributed by atoms with Crippen molar-refractivity contribution in [3.63, 3.8) is 0 Å². The van der Waals surface area contributed by atoms with Gasteiger partial charge in [-0.25, -0.2) is 9.46 Å². The summed E-state index contributed by atoms with van der Waals surface area (Å²) in [5, 5.41) is 10.1. The van der Waals surface area contributed by atoms with E-state index in [0.29, 0.717) is 6.61 Å². The lowest BCUT2D eigenvalue weighted by Crippen LogP contribution is -2.41. The second-order valence-corrected chi connectivity index (χ2v) is 10.1. The number of nitrogens with one attached hydrogen (secondary N) is 1. The molecule has 12 heteroatoms. The molecule has 3 aliphatic rings. The fourth-order valence-electron chi connectivity index (χ4n) is 4.91. The third-order valence-electron chi connectivity index (χ3n) is 6.56. The van der Waals surface area contributed by atoms with Crippen molar-refractivity contribution in [3.8, 4) is 0 Å². The number of nitrogens with zero attached hydrogens (tertiary/aromatic N) is 2. The molecule has 7 atom stereocenters. The average molecular weight is 507 g/mol. The van der Waals surface area contributed by atoms with Crippen molar-refractivity contribution >= 4 is 8.53 Å². The minimum atomic E-state index is -1.45. The molecule has 0 saturated carbocycles. The minimum Gasteiger partial charge on any atom is -0.394 e. The fourth-order valence-corrected chi connectivity index (χ4v) is 6.91. The van der Waals surface area contributed by atoms with Gasteiger partial charge in [-0.2, -0.15) is 0 Å². The summed E-state index contributed by atoms with van der Waals surface area (Å²) in [6.07, 6.45) is 0.198. The first-order valence-corrected chi connectivity index (χ1v) is 12.9. The van der Waals surface area contributed by atoms with Gasteiger partial charge in [0.15, 0.2) is 6.23 Å². The van der Waals surface area contributed by atoms with Gasteiger partial charge in [0.1, 0.15) is 24.4 Å². The number of ether oxygens (including phenoxy) is 3. The van der Waals surface area contributed by atoms with Crippen LogP contribution in [0.1, 0.15) is 30.7 Å². The van der Waals surface area contributed by atoms with E-state index in [4.69, 9.17) is 23.3 Å². The maximum Gasteiger partial charge on any atom is 0.330 e. The lowest BCUT2D eigenvalue weighted by Gasteiger charge is -2.28. The summed E-state index contributed by atoms with van der Waals surface area (Å²) in [5.41, 5.74) is -0.0425. The van der Waals surface area contributed by atoms with Gasteiger partial charge < -0.3 is 28.4 Å². The van der Waals surface area contributed by atoms with Crippen LogP contribution in [-0.2, 0) is 23.3 Å². The molecule has 5 rings (SSSR count). The van der Waals surface area contributed by atoms with Crippen molar-refractivity contribution in [2.75, 3.05) is 33.5 Å². The van der Waals surface area contributed by atoms with Gasteiger partial charge in [0.05, 0.1) is 19.8 Å². The molecule has 2 aromatic rings. The molecule has 0 spiro atoms. The fraction of sp³-hybridized carbons (Fsp3) is 0.565. The van der Waals surface area contributed by atoms with Crippen LogP contribution in [0, 0.1) is 0 Å². The van der Waals surface area contributed by atoms with E-state index in [0.717, 1.165) is 24.9 Å². The Hall–Kier alpha value is -1.95. The number of benzene rings is 1. The molecule has 2 N–H and O–H groups in total. The summed E-state index contributed by atoms with van der Waals surface area (Å²) in [5.74, 6) is 0. The van der Waals surface area contributed by atoms with Crippen LogP contribution in [0.25, 0.3) is 0 Å². The Balaban J connectivity index is 1.41. The first kappa shape index (κ1) is 24.7. The van der Waals surface area contributed by atoms with Gasteiger partial charge in [-0.3, -0.25) is 14.3 Å². The molecule has 1 aromatic carbocycles. The molecule has 4 heterocycles. The monoisotopic (exact) mass is 507 g/mol. The first-order chi connectivity index (χ1) is 17.1. The second kappa shape index (κ2) is 11.0. The van der Waals surface area contributed by atoms with Crippen LogP contribution in [0.4, 0.5) is 0 Å². The van der Waals surface area contributed by atoms with Gasteiger partial charge in [0, 0.05) is 32.0 Å². The van der Waals surface area contributed by atoms with E-state index >= 15 is 0 Å². The van der Waals surface area contributed by atoms with Crippen LogP contribution >= 0.6 is 8.53 Å². The van der Waals surface area contributed by atoms with E-state index in [1.807, 2.05) is 18.2 Å². The number of aliphatic hydroxyl groups is 1. The Morgan fingerprint density at radius 2 is 2.00 bits per heavy atom. The van der Waals surface area contributed by atoms with Crippen LogP contribution in [0.5, 0.6) is 0 Å². The first-order valence-electron chi connectivity index (χ1n) is 11.7. The van der Waals surface area contributed by atoms with Gasteiger partial charge in [-0.1, -0.05) is 30.3 Å². The number of H-pyrrole nitrogens is 1. The summed E-state index contributed by atoms with van der Waals surface area (Å²) >= 11 is 0. The number of aromatic amines is 1. The number of methoxy groups -OCH3 is 1. The van der Waals surface area contributed by atoms with Crippen molar-refractivity contribution < 1.29 is 28.4 Å². The maximum absolute atomic E-state index is 12.5. The Bertz CT molecular complexity index is 1100. The van der Waals surface area contributed by atoms with Crippen LogP contribution in [0.2, 0.25) is 0 Å². The number of fused-ring (bicyclic) bond motifs is 1. The molecule has 1 aromatic heterocycles. The lowest BCUT2D eigenvalue weighted by atomic mass is 10.0. The third kappa shape index (κ3) is 5.00. The highest BCUT2D eigenvalue weighted by molar-refractivity contribution is 7.45. The Morgan fingerprint density at radius 3 is 2.74 bits per heavy atom. The predicted octanol–water partition coefficient (Wildman–Crippen LogP) is 1.31. The van der Waals surface area contributed by atoms with E-state index in [2.05, 4.69) is 21.8 Å². The Morgan fingerprint density at radius 1 is 1.17 bits per heavy atom. The Kier molecular flexibility index (Phi) is 7.76. The smallest absolute Gasteiger partial charge is 0.330 e. The number of hydrogen-bond donors (Lipinski definition) is 2. The van der Waals surface area contributed by atoms with Gasteiger partial charge in [-0.05, 0) is 18.4 Å². The third-order valence-corrected chi connectivity index (χ3v) is 8.31. The van der Waals surface area contributed by atoms with E-state index in [-0.39, 0.29) is 25.4 Å². The van der Waals surface area contributed by atoms with Crippen LogP contribution in [0.15, 0.2) is 52.2 Å². The topological polar surface area (TPSA) is 124 Å². The molecule has 0 radical (unpaired) electrons. The zero-order valence-corrected chi connectivity index (χ0v) is 20.3. The summed E-state index contributed by atoms with van der Waals surface area (Å²) in [6, 6.07) is 11.5. The molecule has 0 bridgehead atoms. The van der Waals surface area contributed by atoms with Crippen molar-refractivity contribution in [2.45, 2.75) is 49.5 Å². The zero-order valence-electron chi connectivity index (χ0n) is 19.4. The highest BCUT2D eigenvalue weighted by atomic mass is 31.2. The minimum absolute atomic E-state index is 0.106. The predicted molar refractivity (Wildman–Crippen MR) is 126 cm³/mol. The van der Waals surface area contributed by atoms with Crippen molar-refractivity contribution in [3.05, 3.63) is 69.0 Å². The van der Waals surface area contributed by atoms with Crippen LogP contribution in [0.3, 0.4) is 0 Å². The molecule has 190 valence electrons. The summed E-state index contributed by atoms with van der Waals surface area (Å²) in [6.45, 7) is 1.08. The maximum atomic E-state index is 12.5. The van der Waals surface area contributed by atoms with Crippen molar-refractivity contribution in [1.29, 1.82) is 0 Å². The highest BCUT2D eigenvalue weighted by Crippen LogP contribution is 2.61. The van der Waals surface area contributed by atoms with Crippen molar-refractivity contribution in [2.24, 2.45) is 0 Å². The summed E-state index contributed by atoms with van der Waals surface area (Å²) in [7, 11) is 0.113. The number of hydrogen-bond acceptors (Lipinski definition) is 9.